The molecule has 19 heavy (non-hydrogen) atoms. The third kappa shape index (κ3) is 2.14. The van der Waals surface area contributed by atoms with Gasteiger partial charge in [-0.1, -0.05) is 12.1 Å². The van der Waals surface area contributed by atoms with Crippen molar-refractivity contribution in [2.24, 2.45) is 0 Å². The van der Waals surface area contributed by atoms with Crippen molar-refractivity contribution in [1.82, 2.24) is 10.2 Å². The largest absolute Gasteiger partial charge is 0.497 e. The third-order valence-corrected chi connectivity index (χ3v) is 3.95. The van der Waals surface area contributed by atoms with Gasteiger partial charge in [0.15, 0.2) is 0 Å². The Balaban J connectivity index is 1.82. The van der Waals surface area contributed by atoms with Crippen LogP contribution in [0.25, 0.3) is 0 Å². The summed E-state index contributed by atoms with van der Waals surface area (Å²) in [6.07, 6.45) is 0.731. The fraction of sp³-hybridized carbons (Fsp3) is 0.500. The molecule has 102 valence electrons. The van der Waals surface area contributed by atoms with Gasteiger partial charge in [0, 0.05) is 13.1 Å². The predicted molar refractivity (Wildman–Crippen MR) is 70.1 cm³/mol. The zero-order valence-corrected chi connectivity index (χ0v) is 11.0. The number of hydrogen-bond donors (Lipinski definition) is 1. The number of benzene rings is 1. The SMILES string of the molecule is COc1cccc(CN2C(=O)OCC23CCNC3)c1. The van der Waals surface area contributed by atoms with Crippen LogP contribution in [0.3, 0.4) is 0 Å². The highest BCUT2D eigenvalue weighted by Gasteiger charge is 2.48. The Bertz CT molecular complexity index is 483. The average molecular weight is 262 g/mol. The molecule has 2 aliphatic heterocycles. The molecule has 1 aromatic carbocycles. The molecule has 1 aromatic rings. The molecule has 1 spiro atoms. The number of ether oxygens (including phenoxy) is 2. The van der Waals surface area contributed by atoms with Crippen LogP contribution in [0.2, 0.25) is 0 Å². The van der Waals surface area contributed by atoms with Crippen LogP contribution < -0.4 is 10.1 Å². The average Bonchev–Trinajstić information content (AvgIpc) is 3.02. The molecule has 5 heteroatoms. The van der Waals surface area contributed by atoms with Gasteiger partial charge in [0.2, 0.25) is 0 Å². The Labute approximate surface area is 112 Å². The maximum Gasteiger partial charge on any atom is 0.410 e. The van der Waals surface area contributed by atoms with Crippen molar-refractivity contribution in [3.05, 3.63) is 29.8 Å². The van der Waals surface area contributed by atoms with Gasteiger partial charge in [0.05, 0.1) is 12.6 Å². The van der Waals surface area contributed by atoms with Gasteiger partial charge in [-0.3, -0.25) is 4.90 Å². The smallest absolute Gasteiger partial charge is 0.410 e. The number of carbonyl (C=O) groups excluding carboxylic acids is 1. The number of nitrogens with one attached hydrogen (secondary N) is 1. The predicted octanol–water partition coefficient (Wildman–Crippen LogP) is 1.38. The zero-order chi connectivity index (χ0) is 13.3. The summed E-state index contributed by atoms with van der Waals surface area (Å²) >= 11 is 0. The minimum Gasteiger partial charge on any atom is -0.497 e. The minimum atomic E-state index is -0.216. The molecule has 0 saturated carbocycles. The van der Waals surface area contributed by atoms with E-state index in [-0.39, 0.29) is 11.6 Å². The lowest BCUT2D eigenvalue weighted by Crippen LogP contribution is -2.48. The van der Waals surface area contributed by atoms with E-state index in [2.05, 4.69) is 5.32 Å². The van der Waals surface area contributed by atoms with E-state index >= 15 is 0 Å². The summed E-state index contributed by atoms with van der Waals surface area (Å²) in [6, 6.07) is 7.81. The highest BCUT2D eigenvalue weighted by atomic mass is 16.6. The maximum atomic E-state index is 11.9. The van der Waals surface area contributed by atoms with Crippen molar-refractivity contribution in [2.45, 2.75) is 18.5 Å². The minimum absolute atomic E-state index is 0.167. The van der Waals surface area contributed by atoms with Crippen LogP contribution >= 0.6 is 0 Å². The van der Waals surface area contributed by atoms with E-state index in [0.717, 1.165) is 30.8 Å². The number of carbonyl (C=O) groups is 1. The normalized spacial score (nSPS) is 25.9. The van der Waals surface area contributed by atoms with E-state index in [0.29, 0.717) is 13.2 Å². The molecule has 0 radical (unpaired) electrons. The van der Waals surface area contributed by atoms with Crippen LogP contribution in [0.15, 0.2) is 24.3 Å². The molecular weight excluding hydrogens is 244 g/mol. The van der Waals surface area contributed by atoms with Gasteiger partial charge in [0.25, 0.3) is 0 Å². The molecule has 1 atom stereocenters. The Morgan fingerprint density at radius 3 is 3.16 bits per heavy atom. The lowest BCUT2D eigenvalue weighted by molar-refractivity contribution is 0.150. The van der Waals surface area contributed by atoms with Crippen LogP contribution in [-0.2, 0) is 11.3 Å². The van der Waals surface area contributed by atoms with Gasteiger partial charge in [-0.2, -0.15) is 0 Å². The molecular formula is C14H18N2O3. The van der Waals surface area contributed by atoms with Crippen molar-refractivity contribution >= 4 is 6.09 Å². The number of hydrogen-bond acceptors (Lipinski definition) is 4. The molecule has 2 heterocycles. The lowest BCUT2D eigenvalue weighted by atomic mass is 9.98. The van der Waals surface area contributed by atoms with Crippen LogP contribution in [-0.4, -0.2) is 43.3 Å². The van der Waals surface area contributed by atoms with Crippen molar-refractivity contribution in [1.29, 1.82) is 0 Å². The fourth-order valence-corrected chi connectivity index (χ4v) is 2.82. The summed E-state index contributed by atoms with van der Waals surface area (Å²) in [5.74, 6) is 0.809. The van der Waals surface area contributed by atoms with Gasteiger partial charge < -0.3 is 14.8 Å². The Morgan fingerprint density at radius 1 is 1.53 bits per heavy atom. The van der Waals surface area contributed by atoms with E-state index < -0.39 is 0 Å². The van der Waals surface area contributed by atoms with Crippen LogP contribution in [0.5, 0.6) is 5.75 Å². The first-order valence-electron chi connectivity index (χ1n) is 6.52. The standard InChI is InChI=1S/C14H18N2O3/c1-18-12-4-2-3-11(7-12)8-16-13(17)19-10-14(16)5-6-15-9-14/h2-4,7,15H,5-6,8-10H2,1H3. The van der Waals surface area contributed by atoms with Gasteiger partial charge in [-0.15, -0.1) is 0 Å². The number of cyclic esters (lactones) is 1. The molecule has 2 fully saturated rings. The highest BCUT2D eigenvalue weighted by Crippen LogP contribution is 2.32. The van der Waals surface area contributed by atoms with E-state index in [1.807, 2.05) is 29.2 Å². The van der Waals surface area contributed by atoms with E-state index in [4.69, 9.17) is 9.47 Å². The third-order valence-electron chi connectivity index (χ3n) is 3.95. The molecule has 0 bridgehead atoms. The summed E-state index contributed by atoms with van der Waals surface area (Å²) in [6.45, 7) is 2.80. The van der Waals surface area contributed by atoms with Crippen LogP contribution in [0.1, 0.15) is 12.0 Å². The molecule has 1 unspecified atom stereocenters. The highest BCUT2D eigenvalue weighted by molar-refractivity contribution is 5.71. The number of rotatable bonds is 3. The maximum absolute atomic E-state index is 11.9. The summed E-state index contributed by atoms with van der Waals surface area (Å²) in [5, 5.41) is 3.32. The second kappa shape index (κ2) is 4.74. The zero-order valence-electron chi connectivity index (χ0n) is 11.0. The van der Waals surface area contributed by atoms with Gasteiger partial charge in [-0.25, -0.2) is 4.79 Å². The first-order valence-corrected chi connectivity index (χ1v) is 6.52. The molecule has 2 saturated heterocycles. The topological polar surface area (TPSA) is 50.8 Å². The first kappa shape index (κ1) is 12.3. The van der Waals surface area contributed by atoms with E-state index in [1.54, 1.807) is 7.11 Å². The molecule has 5 nitrogen and oxygen atoms in total. The molecule has 3 rings (SSSR count). The molecule has 2 aliphatic rings. The van der Waals surface area contributed by atoms with Crippen molar-refractivity contribution < 1.29 is 14.3 Å². The molecule has 0 aromatic heterocycles. The van der Waals surface area contributed by atoms with E-state index in [1.165, 1.54) is 0 Å². The van der Waals surface area contributed by atoms with Crippen LogP contribution in [0, 0.1) is 0 Å². The number of amides is 1. The first-order chi connectivity index (χ1) is 9.23. The quantitative estimate of drug-likeness (QED) is 0.894. The van der Waals surface area contributed by atoms with Gasteiger partial charge >= 0.3 is 6.09 Å². The number of methoxy groups -OCH3 is 1. The Morgan fingerprint density at radius 2 is 2.42 bits per heavy atom. The van der Waals surface area contributed by atoms with Crippen molar-refractivity contribution in [2.75, 3.05) is 26.8 Å². The fourth-order valence-electron chi connectivity index (χ4n) is 2.82. The van der Waals surface area contributed by atoms with Crippen molar-refractivity contribution in [3.8, 4) is 5.75 Å². The van der Waals surface area contributed by atoms with Gasteiger partial charge in [-0.05, 0) is 30.7 Å². The lowest BCUT2D eigenvalue weighted by Gasteiger charge is -2.30. The summed E-state index contributed by atoms with van der Waals surface area (Å²) in [4.78, 5) is 13.8. The molecule has 1 N–H and O–H groups in total. The second-order valence-electron chi connectivity index (χ2n) is 5.14. The Kier molecular flexibility index (Phi) is 3.06. The summed E-state index contributed by atoms with van der Waals surface area (Å²) in [5.41, 5.74) is 0.893. The summed E-state index contributed by atoms with van der Waals surface area (Å²) < 4.78 is 10.5. The van der Waals surface area contributed by atoms with Crippen molar-refractivity contribution in [3.63, 3.8) is 0 Å². The van der Waals surface area contributed by atoms with Gasteiger partial charge in [0.1, 0.15) is 12.4 Å². The molecule has 0 aliphatic carbocycles. The molecule has 1 amide bonds. The van der Waals surface area contributed by atoms with E-state index in [9.17, 15) is 4.79 Å². The number of nitrogens with zero attached hydrogens (tertiary/aromatic N) is 1. The monoisotopic (exact) mass is 262 g/mol. The second-order valence-corrected chi connectivity index (χ2v) is 5.14. The van der Waals surface area contributed by atoms with Crippen LogP contribution in [0.4, 0.5) is 4.79 Å². The Hall–Kier alpha value is -1.75. The summed E-state index contributed by atoms with van der Waals surface area (Å²) in [7, 11) is 1.64.